The van der Waals surface area contributed by atoms with Crippen LogP contribution in [0.25, 0.3) is 0 Å². The standard InChI is InChI=1S/C9H10N2O/c1-6(12)9-10-5-4-8(11-9)7-2-3-7/h4-5,7H,2-3H2,1H3. The first-order valence-electron chi connectivity index (χ1n) is 4.11. The van der Waals surface area contributed by atoms with Crippen LogP contribution in [0.1, 0.15) is 42.0 Å². The predicted molar refractivity (Wildman–Crippen MR) is 44.0 cm³/mol. The molecule has 1 saturated carbocycles. The molecule has 1 aliphatic rings. The molecule has 0 amide bonds. The van der Waals surface area contributed by atoms with Crippen molar-refractivity contribution in [1.82, 2.24) is 9.97 Å². The molecule has 0 bridgehead atoms. The van der Waals surface area contributed by atoms with Gasteiger partial charge >= 0.3 is 0 Å². The van der Waals surface area contributed by atoms with Crippen LogP contribution in [0, 0.1) is 0 Å². The predicted octanol–water partition coefficient (Wildman–Crippen LogP) is 1.56. The number of carbonyl (C=O) groups excluding carboxylic acids is 1. The Morgan fingerprint density at radius 2 is 2.33 bits per heavy atom. The normalized spacial score (nSPS) is 16.1. The van der Waals surface area contributed by atoms with Crippen molar-refractivity contribution in [3.05, 3.63) is 23.8 Å². The summed E-state index contributed by atoms with van der Waals surface area (Å²) in [5.74, 6) is 0.878. The second-order valence-electron chi connectivity index (χ2n) is 3.14. The van der Waals surface area contributed by atoms with Crippen molar-refractivity contribution in [3.63, 3.8) is 0 Å². The van der Waals surface area contributed by atoms with Crippen LogP contribution in [0.15, 0.2) is 12.3 Å². The molecule has 0 N–H and O–H groups in total. The van der Waals surface area contributed by atoms with Crippen LogP contribution in [0.2, 0.25) is 0 Å². The third-order valence-electron chi connectivity index (χ3n) is 1.99. The molecule has 3 nitrogen and oxygen atoms in total. The van der Waals surface area contributed by atoms with E-state index in [9.17, 15) is 4.79 Å². The zero-order valence-corrected chi connectivity index (χ0v) is 6.95. The van der Waals surface area contributed by atoms with Crippen LogP contribution >= 0.6 is 0 Å². The number of hydrogen-bond acceptors (Lipinski definition) is 3. The van der Waals surface area contributed by atoms with Crippen LogP contribution in [-0.4, -0.2) is 15.8 Å². The minimum atomic E-state index is -0.0579. The summed E-state index contributed by atoms with van der Waals surface area (Å²) in [6, 6.07) is 1.89. The molecule has 3 heteroatoms. The molecule has 0 radical (unpaired) electrons. The molecule has 1 heterocycles. The van der Waals surface area contributed by atoms with Gasteiger partial charge in [-0.1, -0.05) is 0 Å². The van der Waals surface area contributed by atoms with Crippen LogP contribution in [0.5, 0.6) is 0 Å². The fourth-order valence-corrected chi connectivity index (χ4v) is 1.15. The SMILES string of the molecule is CC(=O)c1nccc(C2CC2)n1. The molecule has 1 aromatic rings. The molecule has 0 aliphatic heterocycles. The monoisotopic (exact) mass is 162 g/mol. The van der Waals surface area contributed by atoms with Crippen LogP contribution in [0.4, 0.5) is 0 Å². The van der Waals surface area contributed by atoms with E-state index in [1.165, 1.54) is 19.8 Å². The highest BCUT2D eigenvalue weighted by Gasteiger charge is 2.25. The fraction of sp³-hybridized carbons (Fsp3) is 0.444. The van der Waals surface area contributed by atoms with Gasteiger partial charge in [-0.2, -0.15) is 0 Å². The number of rotatable bonds is 2. The van der Waals surface area contributed by atoms with Crippen LogP contribution < -0.4 is 0 Å². The maximum Gasteiger partial charge on any atom is 0.196 e. The zero-order valence-electron chi connectivity index (χ0n) is 6.95. The minimum Gasteiger partial charge on any atom is -0.291 e. The third-order valence-corrected chi connectivity index (χ3v) is 1.99. The Morgan fingerprint density at radius 3 is 2.92 bits per heavy atom. The van der Waals surface area contributed by atoms with Crippen molar-refractivity contribution in [1.29, 1.82) is 0 Å². The van der Waals surface area contributed by atoms with Crippen molar-refractivity contribution in [2.24, 2.45) is 0 Å². The van der Waals surface area contributed by atoms with Gasteiger partial charge in [-0.05, 0) is 18.9 Å². The molecule has 12 heavy (non-hydrogen) atoms. The molecule has 2 rings (SSSR count). The topological polar surface area (TPSA) is 42.9 Å². The largest absolute Gasteiger partial charge is 0.291 e. The fourth-order valence-electron chi connectivity index (χ4n) is 1.15. The summed E-state index contributed by atoms with van der Waals surface area (Å²) in [4.78, 5) is 19.0. The Labute approximate surface area is 70.9 Å². The van der Waals surface area contributed by atoms with E-state index in [1.54, 1.807) is 6.20 Å². The number of Topliss-reactive ketones (excluding diaryl/α,β-unsaturated/α-hetero) is 1. The first kappa shape index (κ1) is 7.40. The van der Waals surface area contributed by atoms with Crippen molar-refractivity contribution in [2.75, 3.05) is 0 Å². The molecule has 1 aliphatic carbocycles. The molecule has 0 spiro atoms. The highest BCUT2D eigenvalue weighted by Crippen LogP contribution is 2.38. The average Bonchev–Trinajstić information content (AvgIpc) is 2.87. The van der Waals surface area contributed by atoms with E-state index in [0.29, 0.717) is 11.7 Å². The average molecular weight is 162 g/mol. The Bertz CT molecular complexity index is 318. The van der Waals surface area contributed by atoms with Gasteiger partial charge in [-0.15, -0.1) is 0 Å². The summed E-state index contributed by atoms with van der Waals surface area (Å²) < 4.78 is 0. The van der Waals surface area contributed by atoms with Crippen molar-refractivity contribution >= 4 is 5.78 Å². The number of nitrogens with zero attached hydrogens (tertiary/aromatic N) is 2. The highest BCUT2D eigenvalue weighted by molar-refractivity contribution is 5.90. The van der Waals surface area contributed by atoms with Crippen LogP contribution in [-0.2, 0) is 0 Å². The summed E-state index contributed by atoms with van der Waals surface area (Å²) in [6.45, 7) is 1.49. The van der Waals surface area contributed by atoms with Crippen LogP contribution in [0.3, 0.4) is 0 Å². The number of aromatic nitrogens is 2. The zero-order chi connectivity index (χ0) is 8.55. The van der Waals surface area contributed by atoms with Gasteiger partial charge in [0, 0.05) is 24.7 Å². The summed E-state index contributed by atoms with van der Waals surface area (Å²) in [5.41, 5.74) is 1.02. The van der Waals surface area contributed by atoms with E-state index >= 15 is 0 Å². The Kier molecular flexibility index (Phi) is 1.64. The van der Waals surface area contributed by atoms with Crippen molar-refractivity contribution in [2.45, 2.75) is 25.7 Å². The lowest BCUT2D eigenvalue weighted by Gasteiger charge is -1.97. The van der Waals surface area contributed by atoms with Gasteiger partial charge in [0.05, 0.1) is 0 Å². The van der Waals surface area contributed by atoms with E-state index in [-0.39, 0.29) is 5.78 Å². The highest BCUT2D eigenvalue weighted by atomic mass is 16.1. The third kappa shape index (κ3) is 1.35. The minimum absolute atomic E-state index is 0.0579. The van der Waals surface area contributed by atoms with Gasteiger partial charge in [0.15, 0.2) is 11.6 Å². The number of carbonyl (C=O) groups is 1. The van der Waals surface area contributed by atoms with Gasteiger partial charge < -0.3 is 0 Å². The number of hydrogen-bond donors (Lipinski definition) is 0. The van der Waals surface area contributed by atoms with Gasteiger partial charge in [-0.25, -0.2) is 9.97 Å². The van der Waals surface area contributed by atoms with Gasteiger partial charge in [0.2, 0.25) is 0 Å². The molecule has 0 unspecified atom stereocenters. The summed E-state index contributed by atoms with van der Waals surface area (Å²) >= 11 is 0. The Balaban J connectivity index is 2.32. The van der Waals surface area contributed by atoms with E-state index in [0.717, 1.165) is 5.69 Å². The smallest absolute Gasteiger partial charge is 0.196 e. The van der Waals surface area contributed by atoms with E-state index in [4.69, 9.17) is 0 Å². The lowest BCUT2D eigenvalue weighted by molar-refractivity contribution is 0.100. The summed E-state index contributed by atoms with van der Waals surface area (Å²) in [5, 5.41) is 0. The maximum absolute atomic E-state index is 10.9. The quantitative estimate of drug-likeness (QED) is 0.620. The lowest BCUT2D eigenvalue weighted by atomic mass is 10.3. The molecular formula is C9H10N2O. The Morgan fingerprint density at radius 1 is 1.58 bits per heavy atom. The van der Waals surface area contributed by atoms with Gasteiger partial charge in [0.1, 0.15) is 0 Å². The van der Waals surface area contributed by atoms with E-state index in [1.807, 2.05) is 6.07 Å². The Hall–Kier alpha value is -1.25. The first-order chi connectivity index (χ1) is 5.77. The van der Waals surface area contributed by atoms with E-state index in [2.05, 4.69) is 9.97 Å². The molecular weight excluding hydrogens is 152 g/mol. The molecule has 0 aromatic carbocycles. The first-order valence-corrected chi connectivity index (χ1v) is 4.11. The van der Waals surface area contributed by atoms with Crippen molar-refractivity contribution in [3.8, 4) is 0 Å². The van der Waals surface area contributed by atoms with Gasteiger partial charge in [0.25, 0.3) is 0 Å². The van der Waals surface area contributed by atoms with E-state index < -0.39 is 0 Å². The molecule has 0 saturated heterocycles. The molecule has 0 atom stereocenters. The molecule has 1 fully saturated rings. The van der Waals surface area contributed by atoms with Gasteiger partial charge in [-0.3, -0.25) is 4.79 Å². The second-order valence-corrected chi connectivity index (χ2v) is 3.14. The summed E-state index contributed by atoms with van der Waals surface area (Å²) in [7, 11) is 0. The van der Waals surface area contributed by atoms with Crippen molar-refractivity contribution < 1.29 is 4.79 Å². The molecule has 1 aromatic heterocycles. The molecule has 62 valence electrons. The second kappa shape index (κ2) is 2.66. The number of ketones is 1. The summed E-state index contributed by atoms with van der Waals surface area (Å²) in [6.07, 6.45) is 4.07. The lowest BCUT2D eigenvalue weighted by Crippen LogP contribution is -2.02. The maximum atomic E-state index is 10.9.